The third-order valence-electron chi connectivity index (χ3n) is 3.92. The summed E-state index contributed by atoms with van der Waals surface area (Å²) in [6, 6.07) is 12.2. The number of amides is 2. The van der Waals surface area contributed by atoms with Crippen molar-refractivity contribution in [2.45, 2.75) is 6.36 Å². The lowest BCUT2D eigenvalue weighted by atomic mass is 10.1. The molecule has 1 aliphatic heterocycles. The highest BCUT2D eigenvalue weighted by Crippen LogP contribution is 2.27. The van der Waals surface area contributed by atoms with Crippen LogP contribution in [0.4, 0.5) is 18.9 Å². The molecule has 28 heavy (non-hydrogen) atoms. The second kappa shape index (κ2) is 7.73. The monoisotopic (exact) mass is 392 g/mol. The van der Waals surface area contributed by atoms with Crippen molar-refractivity contribution in [1.82, 2.24) is 4.90 Å². The molecule has 2 aromatic carbocycles. The minimum Gasteiger partial charge on any atom is -0.406 e. The van der Waals surface area contributed by atoms with Gasteiger partial charge in [-0.3, -0.25) is 14.5 Å². The van der Waals surface area contributed by atoms with Gasteiger partial charge in [0, 0.05) is 11.8 Å². The maximum Gasteiger partial charge on any atom is 0.573 e. The summed E-state index contributed by atoms with van der Waals surface area (Å²) in [7, 11) is 0. The zero-order chi connectivity index (χ0) is 20.3. The van der Waals surface area contributed by atoms with Gasteiger partial charge in [-0.15, -0.1) is 13.2 Å². The van der Waals surface area contributed by atoms with Gasteiger partial charge in [0.15, 0.2) is 0 Å². The van der Waals surface area contributed by atoms with Crippen molar-refractivity contribution >= 4 is 17.5 Å². The maximum atomic E-state index is 12.2. The number of ether oxygens (including phenoxy) is 1. The fourth-order valence-electron chi connectivity index (χ4n) is 2.66. The van der Waals surface area contributed by atoms with E-state index in [4.69, 9.17) is 5.11 Å². The SMILES string of the molecule is O=C1C=C(Nc2ccc(-c3ccc(OC(F)(F)F)cc3)cc2)C(=O)N1CCO. The van der Waals surface area contributed by atoms with Crippen LogP contribution in [0.5, 0.6) is 5.75 Å². The first-order chi connectivity index (χ1) is 13.3. The number of imide groups is 1. The van der Waals surface area contributed by atoms with E-state index in [1.165, 1.54) is 24.3 Å². The summed E-state index contributed by atoms with van der Waals surface area (Å²) in [4.78, 5) is 24.8. The van der Waals surface area contributed by atoms with Gasteiger partial charge in [0.25, 0.3) is 11.8 Å². The first kappa shape index (κ1) is 19.4. The summed E-state index contributed by atoms with van der Waals surface area (Å²) in [5.41, 5.74) is 2.08. The van der Waals surface area contributed by atoms with Crippen LogP contribution in [0.2, 0.25) is 0 Å². The summed E-state index contributed by atoms with van der Waals surface area (Å²) in [6.07, 6.45) is -3.58. The van der Waals surface area contributed by atoms with Crippen LogP contribution in [0.15, 0.2) is 60.3 Å². The minimum atomic E-state index is -4.74. The number of rotatable bonds is 6. The highest BCUT2D eigenvalue weighted by Gasteiger charge is 2.31. The first-order valence-electron chi connectivity index (χ1n) is 8.18. The molecular formula is C19H15F3N2O4. The quantitative estimate of drug-likeness (QED) is 0.739. The molecule has 0 aliphatic carbocycles. The van der Waals surface area contributed by atoms with E-state index >= 15 is 0 Å². The molecule has 0 aromatic heterocycles. The lowest BCUT2D eigenvalue weighted by Crippen LogP contribution is -2.34. The number of aliphatic hydroxyl groups excluding tert-OH is 1. The molecule has 3 rings (SSSR count). The van der Waals surface area contributed by atoms with Gasteiger partial charge in [0.2, 0.25) is 0 Å². The highest BCUT2D eigenvalue weighted by atomic mass is 19.4. The molecule has 9 heteroatoms. The van der Waals surface area contributed by atoms with Gasteiger partial charge in [-0.05, 0) is 35.4 Å². The fraction of sp³-hybridized carbons (Fsp3) is 0.158. The molecule has 0 saturated carbocycles. The van der Waals surface area contributed by atoms with E-state index in [1.54, 1.807) is 24.3 Å². The van der Waals surface area contributed by atoms with Crippen LogP contribution in [-0.2, 0) is 9.59 Å². The van der Waals surface area contributed by atoms with Crippen molar-refractivity contribution < 1.29 is 32.6 Å². The van der Waals surface area contributed by atoms with Crippen LogP contribution in [0.25, 0.3) is 11.1 Å². The molecule has 1 aliphatic rings. The van der Waals surface area contributed by atoms with Crippen molar-refractivity contribution in [3.05, 3.63) is 60.3 Å². The molecule has 1 heterocycles. The Bertz CT molecular complexity index is 906. The molecule has 6 nitrogen and oxygen atoms in total. The summed E-state index contributed by atoms with van der Waals surface area (Å²) in [5.74, 6) is -1.33. The van der Waals surface area contributed by atoms with Crippen LogP contribution < -0.4 is 10.1 Å². The molecule has 0 unspecified atom stereocenters. The number of anilines is 1. The third kappa shape index (κ3) is 4.49. The van der Waals surface area contributed by atoms with Crippen LogP contribution >= 0.6 is 0 Å². The van der Waals surface area contributed by atoms with Gasteiger partial charge in [-0.2, -0.15) is 0 Å². The lowest BCUT2D eigenvalue weighted by Gasteiger charge is -2.13. The van der Waals surface area contributed by atoms with Crippen LogP contribution in [0.1, 0.15) is 0 Å². The van der Waals surface area contributed by atoms with E-state index in [-0.39, 0.29) is 24.6 Å². The van der Waals surface area contributed by atoms with Gasteiger partial charge in [0.1, 0.15) is 11.4 Å². The summed E-state index contributed by atoms with van der Waals surface area (Å²) in [6.45, 7) is -0.396. The van der Waals surface area contributed by atoms with E-state index < -0.39 is 18.2 Å². The van der Waals surface area contributed by atoms with Crippen molar-refractivity contribution in [2.24, 2.45) is 0 Å². The number of β-amino-alcohol motifs (C(OH)–C–C–N with tert-alkyl or cyclic N) is 1. The Morgan fingerprint density at radius 3 is 2.07 bits per heavy atom. The van der Waals surface area contributed by atoms with Gasteiger partial charge in [-0.1, -0.05) is 24.3 Å². The number of hydrogen-bond acceptors (Lipinski definition) is 5. The average molecular weight is 392 g/mol. The Morgan fingerprint density at radius 1 is 0.964 bits per heavy atom. The maximum absolute atomic E-state index is 12.2. The lowest BCUT2D eigenvalue weighted by molar-refractivity contribution is -0.274. The number of benzene rings is 2. The molecule has 0 bridgehead atoms. The molecule has 146 valence electrons. The van der Waals surface area contributed by atoms with Crippen LogP contribution in [0.3, 0.4) is 0 Å². The molecule has 2 N–H and O–H groups in total. The molecule has 0 radical (unpaired) electrons. The number of nitrogens with zero attached hydrogens (tertiary/aromatic N) is 1. The standard InChI is InChI=1S/C19H15F3N2O4/c20-19(21,22)28-15-7-3-13(4-8-15)12-1-5-14(6-2-12)23-16-11-17(26)24(9-10-25)18(16)27/h1-8,11,23,25H,9-10H2. The highest BCUT2D eigenvalue weighted by molar-refractivity contribution is 6.17. The summed E-state index contributed by atoms with van der Waals surface area (Å²) in [5, 5.41) is 11.7. The van der Waals surface area contributed by atoms with E-state index in [9.17, 15) is 22.8 Å². The third-order valence-corrected chi connectivity index (χ3v) is 3.92. The Hall–Kier alpha value is -3.33. The molecule has 2 aromatic rings. The number of alkyl halides is 3. The van der Waals surface area contributed by atoms with Crippen molar-refractivity contribution in [3.8, 4) is 16.9 Å². The van der Waals surface area contributed by atoms with Crippen molar-refractivity contribution in [3.63, 3.8) is 0 Å². The molecule has 2 amide bonds. The predicted molar refractivity (Wildman–Crippen MR) is 94.1 cm³/mol. The van der Waals surface area contributed by atoms with Gasteiger partial charge in [-0.25, -0.2) is 0 Å². The zero-order valence-corrected chi connectivity index (χ0v) is 14.4. The number of aliphatic hydroxyl groups is 1. The van der Waals surface area contributed by atoms with E-state index in [2.05, 4.69) is 10.1 Å². The second-order valence-electron chi connectivity index (χ2n) is 5.85. The number of hydrogen-bond donors (Lipinski definition) is 2. The Kier molecular flexibility index (Phi) is 5.36. The van der Waals surface area contributed by atoms with Gasteiger partial charge in [0.05, 0.1) is 13.2 Å². The Morgan fingerprint density at radius 2 is 1.54 bits per heavy atom. The van der Waals surface area contributed by atoms with Gasteiger partial charge >= 0.3 is 6.36 Å². The summed E-state index contributed by atoms with van der Waals surface area (Å²) >= 11 is 0. The fourth-order valence-corrected chi connectivity index (χ4v) is 2.66. The normalized spacial score (nSPS) is 14.3. The number of nitrogens with one attached hydrogen (secondary N) is 1. The molecule has 0 fully saturated rings. The Balaban J connectivity index is 1.68. The van der Waals surface area contributed by atoms with E-state index in [1.807, 2.05) is 0 Å². The first-order valence-corrected chi connectivity index (χ1v) is 8.18. The number of carbonyl (C=O) groups excluding carboxylic acids is 2. The minimum absolute atomic E-state index is 0.0771. The average Bonchev–Trinajstić information content (AvgIpc) is 2.90. The topological polar surface area (TPSA) is 78.9 Å². The van der Waals surface area contributed by atoms with Gasteiger partial charge < -0.3 is 15.2 Å². The summed E-state index contributed by atoms with van der Waals surface area (Å²) < 4.78 is 40.4. The molecule has 0 saturated heterocycles. The number of carbonyl (C=O) groups is 2. The van der Waals surface area contributed by atoms with Crippen LogP contribution in [-0.4, -0.2) is 41.3 Å². The van der Waals surface area contributed by atoms with Crippen LogP contribution in [0, 0.1) is 0 Å². The second-order valence-corrected chi connectivity index (χ2v) is 5.85. The Labute approximate surface area is 157 Å². The van der Waals surface area contributed by atoms with Crippen molar-refractivity contribution in [1.29, 1.82) is 0 Å². The molecule has 0 atom stereocenters. The largest absolute Gasteiger partial charge is 0.573 e. The molecule has 0 spiro atoms. The van der Waals surface area contributed by atoms with Crippen molar-refractivity contribution in [2.75, 3.05) is 18.5 Å². The van der Waals surface area contributed by atoms with E-state index in [0.29, 0.717) is 11.3 Å². The number of halogens is 3. The predicted octanol–water partition coefficient (Wildman–Crippen LogP) is 2.91. The zero-order valence-electron chi connectivity index (χ0n) is 14.4. The smallest absolute Gasteiger partial charge is 0.406 e. The molecular weight excluding hydrogens is 377 g/mol. The van der Waals surface area contributed by atoms with E-state index in [0.717, 1.165) is 16.5 Å².